The Kier molecular flexibility index (Phi) is 5.97. The van der Waals surface area contributed by atoms with E-state index in [1.807, 2.05) is 18.7 Å². The van der Waals surface area contributed by atoms with Crippen molar-refractivity contribution in [2.45, 2.75) is 57.2 Å². The highest BCUT2D eigenvalue weighted by Crippen LogP contribution is 2.28. The van der Waals surface area contributed by atoms with Crippen molar-refractivity contribution < 1.29 is 10.0 Å². The van der Waals surface area contributed by atoms with Crippen LogP contribution in [0.4, 0.5) is 0 Å². The molecule has 1 fully saturated rings. The van der Waals surface area contributed by atoms with Gasteiger partial charge in [-0.3, -0.25) is 4.79 Å². The van der Waals surface area contributed by atoms with Crippen molar-refractivity contribution in [3.63, 3.8) is 0 Å². The largest absolute Gasteiger partial charge is 0.409 e. The SMILES string of the molecule is CCC(C)(C(=O)NC1CCCC(SC)C1)C(N)=NO. The molecule has 0 aromatic rings. The third-order valence-corrected chi connectivity index (χ3v) is 5.27. The Morgan fingerprint density at radius 2 is 2.26 bits per heavy atom. The number of thioether (sulfide) groups is 1. The number of carbonyl (C=O) groups is 1. The van der Waals surface area contributed by atoms with Crippen LogP contribution in [0.3, 0.4) is 0 Å². The van der Waals surface area contributed by atoms with Crippen molar-refractivity contribution in [2.75, 3.05) is 6.26 Å². The maximum absolute atomic E-state index is 12.4. The molecule has 3 atom stereocenters. The summed E-state index contributed by atoms with van der Waals surface area (Å²) in [5.74, 6) is -0.165. The maximum atomic E-state index is 12.4. The van der Waals surface area contributed by atoms with E-state index in [1.165, 1.54) is 6.42 Å². The number of amides is 1. The number of hydrogen-bond donors (Lipinski definition) is 3. The highest BCUT2D eigenvalue weighted by Gasteiger charge is 2.37. The smallest absolute Gasteiger partial charge is 0.233 e. The molecule has 0 bridgehead atoms. The molecule has 110 valence electrons. The number of hydrogen-bond acceptors (Lipinski definition) is 4. The van der Waals surface area contributed by atoms with Crippen LogP contribution >= 0.6 is 11.8 Å². The Morgan fingerprint density at radius 3 is 2.79 bits per heavy atom. The van der Waals surface area contributed by atoms with Gasteiger partial charge in [-0.05, 0) is 38.9 Å². The van der Waals surface area contributed by atoms with Crippen molar-refractivity contribution >= 4 is 23.5 Å². The van der Waals surface area contributed by atoms with Crippen LogP contribution in [-0.4, -0.2) is 34.5 Å². The quantitative estimate of drug-likeness (QED) is 0.312. The number of nitrogens with two attached hydrogens (primary N) is 1. The lowest BCUT2D eigenvalue weighted by Crippen LogP contribution is -2.51. The lowest BCUT2D eigenvalue weighted by molar-refractivity contribution is -0.128. The van der Waals surface area contributed by atoms with Crippen molar-refractivity contribution in [1.29, 1.82) is 0 Å². The van der Waals surface area contributed by atoms with E-state index >= 15 is 0 Å². The van der Waals surface area contributed by atoms with Crippen molar-refractivity contribution in [3.05, 3.63) is 0 Å². The third kappa shape index (κ3) is 3.78. The van der Waals surface area contributed by atoms with Crippen LogP contribution in [-0.2, 0) is 4.79 Å². The van der Waals surface area contributed by atoms with E-state index in [2.05, 4.69) is 16.7 Å². The zero-order valence-corrected chi connectivity index (χ0v) is 12.8. The molecule has 0 saturated heterocycles. The number of nitrogens with zero attached hydrogens (tertiary/aromatic N) is 1. The zero-order chi connectivity index (χ0) is 14.5. The predicted octanol–water partition coefficient (Wildman–Crippen LogP) is 1.94. The Bertz CT molecular complexity index is 349. The molecule has 0 aromatic heterocycles. The molecule has 6 heteroatoms. The summed E-state index contributed by atoms with van der Waals surface area (Å²) >= 11 is 1.86. The Hall–Kier alpha value is -0.910. The first-order chi connectivity index (χ1) is 8.97. The van der Waals surface area contributed by atoms with Gasteiger partial charge in [0.05, 0.1) is 0 Å². The topological polar surface area (TPSA) is 87.7 Å². The van der Waals surface area contributed by atoms with E-state index in [1.54, 1.807) is 6.92 Å². The highest BCUT2D eigenvalue weighted by atomic mass is 32.2. The fourth-order valence-electron chi connectivity index (χ4n) is 2.40. The molecule has 0 spiro atoms. The van der Waals surface area contributed by atoms with Crippen LogP contribution in [0.5, 0.6) is 0 Å². The van der Waals surface area contributed by atoms with E-state index in [4.69, 9.17) is 10.9 Å². The number of carbonyl (C=O) groups excluding carboxylic acids is 1. The van der Waals surface area contributed by atoms with Gasteiger partial charge in [-0.1, -0.05) is 18.5 Å². The molecular weight excluding hydrogens is 262 g/mol. The van der Waals surface area contributed by atoms with E-state index in [0.29, 0.717) is 11.7 Å². The summed E-state index contributed by atoms with van der Waals surface area (Å²) in [6, 6.07) is 0.205. The lowest BCUT2D eigenvalue weighted by Gasteiger charge is -2.32. The van der Waals surface area contributed by atoms with Crippen LogP contribution in [0.25, 0.3) is 0 Å². The average Bonchev–Trinajstić information content (AvgIpc) is 2.45. The molecule has 1 saturated carbocycles. The van der Waals surface area contributed by atoms with Crippen LogP contribution in [0.15, 0.2) is 5.16 Å². The average molecular weight is 287 g/mol. The number of nitrogens with one attached hydrogen (secondary N) is 1. The summed E-state index contributed by atoms with van der Waals surface area (Å²) in [7, 11) is 0. The van der Waals surface area contributed by atoms with Gasteiger partial charge in [-0.2, -0.15) is 11.8 Å². The number of oxime groups is 1. The van der Waals surface area contributed by atoms with Gasteiger partial charge in [-0.15, -0.1) is 0 Å². The van der Waals surface area contributed by atoms with E-state index in [0.717, 1.165) is 19.3 Å². The van der Waals surface area contributed by atoms with Gasteiger partial charge in [0.15, 0.2) is 5.84 Å². The molecule has 1 rings (SSSR count). The summed E-state index contributed by atoms with van der Waals surface area (Å²) < 4.78 is 0. The molecule has 4 N–H and O–H groups in total. The first-order valence-electron chi connectivity index (χ1n) is 6.79. The second-order valence-electron chi connectivity index (χ2n) is 5.37. The maximum Gasteiger partial charge on any atom is 0.233 e. The minimum absolute atomic E-state index is 0.0234. The molecule has 1 aliphatic carbocycles. The van der Waals surface area contributed by atoms with Gasteiger partial charge < -0.3 is 16.3 Å². The summed E-state index contributed by atoms with van der Waals surface area (Å²) in [5, 5.41) is 15.5. The first-order valence-corrected chi connectivity index (χ1v) is 8.08. The third-order valence-electron chi connectivity index (χ3n) is 4.18. The van der Waals surface area contributed by atoms with Crippen LogP contribution < -0.4 is 11.1 Å². The minimum atomic E-state index is -0.930. The zero-order valence-electron chi connectivity index (χ0n) is 12.0. The van der Waals surface area contributed by atoms with Crippen LogP contribution in [0.2, 0.25) is 0 Å². The molecule has 5 nitrogen and oxygen atoms in total. The number of rotatable bonds is 5. The Balaban J connectivity index is 2.67. The molecule has 0 heterocycles. The van der Waals surface area contributed by atoms with Gasteiger partial charge in [0.25, 0.3) is 0 Å². The van der Waals surface area contributed by atoms with E-state index in [-0.39, 0.29) is 17.8 Å². The summed E-state index contributed by atoms with van der Waals surface area (Å²) in [5.41, 5.74) is 4.73. The molecule has 19 heavy (non-hydrogen) atoms. The summed E-state index contributed by atoms with van der Waals surface area (Å²) in [4.78, 5) is 12.4. The normalized spacial score (nSPS) is 27.6. The van der Waals surface area contributed by atoms with Gasteiger partial charge >= 0.3 is 0 Å². The Labute approximate surface area is 119 Å². The molecule has 1 amide bonds. The molecule has 1 aliphatic rings. The molecule has 3 unspecified atom stereocenters. The van der Waals surface area contributed by atoms with Crippen molar-refractivity contribution in [1.82, 2.24) is 5.32 Å². The molecule has 0 radical (unpaired) electrons. The van der Waals surface area contributed by atoms with Gasteiger partial charge in [-0.25, -0.2) is 0 Å². The van der Waals surface area contributed by atoms with Gasteiger partial charge in [0.1, 0.15) is 5.41 Å². The monoisotopic (exact) mass is 287 g/mol. The van der Waals surface area contributed by atoms with Gasteiger partial charge in [0.2, 0.25) is 5.91 Å². The molecule has 0 aliphatic heterocycles. The second kappa shape index (κ2) is 7.03. The second-order valence-corrected chi connectivity index (χ2v) is 6.50. The Morgan fingerprint density at radius 1 is 1.58 bits per heavy atom. The van der Waals surface area contributed by atoms with E-state index < -0.39 is 5.41 Å². The minimum Gasteiger partial charge on any atom is -0.409 e. The van der Waals surface area contributed by atoms with E-state index in [9.17, 15) is 4.79 Å². The van der Waals surface area contributed by atoms with Gasteiger partial charge in [0, 0.05) is 11.3 Å². The first kappa shape index (κ1) is 16.1. The van der Waals surface area contributed by atoms with Crippen molar-refractivity contribution in [2.24, 2.45) is 16.3 Å². The predicted molar refractivity (Wildman–Crippen MR) is 79.5 cm³/mol. The highest BCUT2D eigenvalue weighted by molar-refractivity contribution is 7.99. The lowest BCUT2D eigenvalue weighted by atomic mass is 9.84. The molecule has 0 aromatic carbocycles. The standard InChI is InChI=1S/C13H25N3O2S/c1-4-13(2,11(14)16-18)12(17)15-9-6-5-7-10(8-9)19-3/h9-10,18H,4-8H2,1-3H3,(H2,14,16)(H,15,17). The fourth-order valence-corrected chi connectivity index (χ4v) is 3.23. The fraction of sp³-hybridized carbons (Fsp3) is 0.846. The summed E-state index contributed by atoms with van der Waals surface area (Å²) in [6.45, 7) is 3.58. The molecular formula is C13H25N3O2S. The van der Waals surface area contributed by atoms with Crippen molar-refractivity contribution in [3.8, 4) is 0 Å². The summed E-state index contributed by atoms with van der Waals surface area (Å²) in [6.07, 6.45) is 7.00. The van der Waals surface area contributed by atoms with Crippen LogP contribution in [0.1, 0.15) is 46.0 Å². The number of amidine groups is 1. The van der Waals surface area contributed by atoms with Crippen LogP contribution in [0, 0.1) is 5.41 Å².